The number of rotatable bonds is 11. The summed E-state index contributed by atoms with van der Waals surface area (Å²) in [4.78, 5) is 6.29. The molecule has 0 amide bonds. The van der Waals surface area contributed by atoms with Crippen molar-refractivity contribution in [3.63, 3.8) is 0 Å². The lowest BCUT2D eigenvalue weighted by atomic mass is 10.2. The average molecular weight is 390 g/mol. The van der Waals surface area contributed by atoms with Crippen LogP contribution in [0.4, 0.5) is 13.2 Å². The molecule has 0 heterocycles. The highest BCUT2D eigenvalue weighted by atomic mass is 19.4. The molecule has 0 aliphatic rings. The lowest BCUT2D eigenvalue weighted by molar-refractivity contribution is -0.137. The summed E-state index contributed by atoms with van der Waals surface area (Å²) in [6.07, 6.45) is -3.40. The van der Waals surface area contributed by atoms with Crippen LogP contribution in [-0.4, -0.2) is 71.5 Å². The fourth-order valence-corrected chi connectivity index (χ4v) is 2.28. The Kier molecular flexibility index (Phi) is 10.6. The van der Waals surface area contributed by atoms with E-state index in [1.165, 1.54) is 12.1 Å². The third-order valence-electron chi connectivity index (χ3n) is 3.72. The summed E-state index contributed by atoms with van der Waals surface area (Å²) in [6.45, 7) is 3.90. The highest BCUT2D eigenvalue weighted by molar-refractivity contribution is 5.79. The minimum Gasteiger partial charge on any atom is -0.492 e. The minimum atomic E-state index is -4.37. The van der Waals surface area contributed by atoms with Gasteiger partial charge in [-0.25, -0.2) is 0 Å². The fraction of sp³-hybridized carbons (Fsp3) is 0.611. The van der Waals surface area contributed by atoms with E-state index in [-0.39, 0.29) is 12.4 Å². The Morgan fingerprint density at radius 1 is 1.15 bits per heavy atom. The number of hydrogen-bond donors (Lipinski definition) is 2. The van der Waals surface area contributed by atoms with Crippen molar-refractivity contribution in [1.82, 2.24) is 15.5 Å². The second-order valence-electron chi connectivity index (χ2n) is 5.95. The van der Waals surface area contributed by atoms with E-state index in [0.29, 0.717) is 12.5 Å². The number of ether oxygens (including phenoxy) is 2. The van der Waals surface area contributed by atoms with E-state index in [1.807, 2.05) is 7.05 Å². The number of nitrogens with zero attached hydrogens (tertiary/aromatic N) is 2. The number of nitrogens with one attached hydrogen (secondary N) is 2. The Balaban J connectivity index is 2.24. The van der Waals surface area contributed by atoms with Crippen molar-refractivity contribution in [3.05, 3.63) is 29.8 Å². The number of likely N-dealkylation sites (N-methyl/N-ethyl adjacent to an activating group) is 1. The Labute approximate surface area is 158 Å². The molecule has 1 aromatic rings. The average Bonchev–Trinajstić information content (AvgIpc) is 2.63. The van der Waals surface area contributed by atoms with Gasteiger partial charge in [-0.05, 0) is 31.7 Å². The molecule has 1 aromatic carbocycles. The van der Waals surface area contributed by atoms with Crippen LogP contribution in [0.25, 0.3) is 0 Å². The van der Waals surface area contributed by atoms with E-state index >= 15 is 0 Å². The fourth-order valence-electron chi connectivity index (χ4n) is 2.28. The van der Waals surface area contributed by atoms with E-state index < -0.39 is 11.7 Å². The Bertz CT molecular complexity index is 568. The number of guanidine groups is 1. The predicted octanol–water partition coefficient (Wildman–Crippen LogP) is 2.22. The molecule has 27 heavy (non-hydrogen) atoms. The summed E-state index contributed by atoms with van der Waals surface area (Å²) >= 11 is 0. The largest absolute Gasteiger partial charge is 0.492 e. The monoisotopic (exact) mass is 390 g/mol. The summed E-state index contributed by atoms with van der Waals surface area (Å²) in [6, 6.07) is 4.84. The van der Waals surface area contributed by atoms with Gasteiger partial charge in [0.25, 0.3) is 0 Å². The van der Waals surface area contributed by atoms with Gasteiger partial charge in [0, 0.05) is 40.4 Å². The van der Waals surface area contributed by atoms with Gasteiger partial charge < -0.3 is 25.0 Å². The van der Waals surface area contributed by atoms with Gasteiger partial charge in [0.15, 0.2) is 5.96 Å². The Morgan fingerprint density at radius 3 is 2.56 bits per heavy atom. The first-order chi connectivity index (χ1) is 12.9. The van der Waals surface area contributed by atoms with Crippen LogP contribution in [-0.2, 0) is 10.9 Å². The smallest absolute Gasteiger partial charge is 0.416 e. The van der Waals surface area contributed by atoms with E-state index in [0.717, 1.165) is 44.8 Å². The van der Waals surface area contributed by atoms with Gasteiger partial charge in [-0.3, -0.25) is 4.99 Å². The van der Waals surface area contributed by atoms with Crippen molar-refractivity contribution in [1.29, 1.82) is 0 Å². The standard InChI is InChI=1S/C18H29F3N4O2/c1-22-17(23-8-11-25(2)10-5-12-26-3)24-9-13-27-16-7-4-6-15(14-16)18(19,20)21/h4,6-7,14H,5,8-13H2,1-3H3,(H2,22,23,24). The quantitative estimate of drug-likeness (QED) is 0.345. The van der Waals surface area contributed by atoms with Crippen molar-refractivity contribution < 1.29 is 22.6 Å². The molecule has 0 unspecified atom stereocenters. The number of alkyl halides is 3. The van der Waals surface area contributed by atoms with Crippen molar-refractivity contribution >= 4 is 5.96 Å². The summed E-state index contributed by atoms with van der Waals surface area (Å²) < 4.78 is 48.4. The van der Waals surface area contributed by atoms with Crippen LogP contribution in [0.5, 0.6) is 5.75 Å². The number of halogens is 3. The second kappa shape index (κ2) is 12.4. The van der Waals surface area contributed by atoms with Crippen LogP contribution in [0.15, 0.2) is 29.3 Å². The van der Waals surface area contributed by atoms with Crippen LogP contribution in [0.2, 0.25) is 0 Å². The van der Waals surface area contributed by atoms with Gasteiger partial charge in [-0.1, -0.05) is 6.07 Å². The maximum absolute atomic E-state index is 12.7. The van der Waals surface area contributed by atoms with Crippen LogP contribution >= 0.6 is 0 Å². The normalized spacial score (nSPS) is 12.3. The van der Waals surface area contributed by atoms with E-state index in [1.54, 1.807) is 14.2 Å². The van der Waals surface area contributed by atoms with Gasteiger partial charge in [-0.15, -0.1) is 0 Å². The first kappa shape index (κ1) is 23.0. The van der Waals surface area contributed by atoms with E-state index in [2.05, 4.69) is 20.5 Å². The Morgan fingerprint density at radius 2 is 1.89 bits per heavy atom. The molecule has 2 N–H and O–H groups in total. The third-order valence-corrected chi connectivity index (χ3v) is 3.72. The molecule has 0 spiro atoms. The van der Waals surface area contributed by atoms with Crippen molar-refractivity contribution in [2.24, 2.45) is 4.99 Å². The maximum Gasteiger partial charge on any atom is 0.416 e. The second-order valence-corrected chi connectivity index (χ2v) is 5.95. The zero-order chi connectivity index (χ0) is 20.1. The molecule has 154 valence electrons. The maximum atomic E-state index is 12.7. The van der Waals surface area contributed by atoms with Crippen LogP contribution < -0.4 is 15.4 Å². The molecule has 1 rings (SSSR count). The highest BCUT2D eigenvalue weighted by Crippen LogP contribution is 2.31. The summed E-state index contributed by atoms with van der Waals surface area (Å²) in [5.41, 5.74) is -0.722. The summed E-state index contributed by atoms with van der Waals surface area (Å²) in [5, 5.41) is 6.24. The van der Waals surface area contributed by atoms with Gasteiger partial charge in [0.05, 0.1) is 12.1 Å². The zero-order valence-corrected chi connectivity index (χ0v) is 16.1. The molecule has 0 saturated heterocycles. The zero-order valence-electron chi connectivity index (χ0n) is 16.1. The first-order valence-electron chi connectivity index (χ1n) is 8.79. The first-order valence-corrected chi connectivity index (χ1v) is 8.79. The van der Waals surface area contributed by atoms with Crippen molar-refractivity contribution in [2.75, 3.05) is 60.6 Å². The number of aliphatic imine (C=N–C) groups is 1. The highest BCUT2D eigenvalue weighted by Gasteiger charge is 2.30. The van der Waals surface area contributed by atoms with Gasteiger partial charge >= 0.3 is 6.18 Å². The number of hydrogen-bond acceptors (Lipinski definition) is 4. The lowest BCUT2D eigenvalue weighted by Crippen LogP contribution is -2.42. The molecular weight excluding hydrogens is 361 g/mol. The van der Waals surface area contributed by atoms with Crippen LogP contribution in [0.3, 0.4) is 0 Å². The molecule has 0 aliphatic carbocycles. The van der Waals surface area contributed by atoms with Gasteiger partial charge in [0.1, 0.15) is 12.4 Å². The van der Waals surface area contributed by atoms with E-state index in [9.17, 15) is 13.2 Å². The summed E-state index contributed by atoms with van der Waals surface area (Å²) in [5.74, 6) is 0.806. The molecule has 0 radical (unpaired) electrons. The van der Waals surface area contributed by atoms with Gasteiger partial charge in [0.2, 0.25) is 0 Å². The molecule has 0 aliphatic heterocycles. The predicted molar refractivity (Wildman–Crippen MR) is 100 cm³/mol. The molecule has 0 bridgehead atoms. The topological polar surface area (TPSA) is 58.1 Å². The van der Waals surface area contributed by atoms with Crippen LogP contribution in [0, 0.1) is 0 Å². The minimum absolute atomic E-state index is 0.187. The molecule has 6 nitrogen and oxygen atoms in total. The number of benzene rings is 1. The van der Waals surface area contributed by atoms with Crippen molar-refractivity contribution in [2.45, 2.75) is 12.6 Å². The molecule has 0 atom stereocenters. The molecule has 0 saturated carbocycles. The molecule has 0 aromatic heterocycles. The SMILES string of the molecule is CN=C(NCCOc1cccc(C(F)(F)F)c1)NCCN(C)CCCOC. The van der Waals surface area contributed by atoms with Crippen molar-refractivity contribution in [3.8, 4) is 5.75 Å². The molecular formula is C18H29F3N4O2. The number of methoxy groups -OCH3 is 1. The third kappa shape index (κ3) is 10.0. The van der Waals surface area contributed by atoms with Gasteiger partial charge in [-0.2, -0.15) is 13.2 Å². The Hall–Kier alpha value is -2.00. The van der Waals surface area contributed by atoms with E-state index in [4.69, 9.17) is 9.47 Å². The van der Waals surface area contributed by atoms with Crippen LogP contribution in [0.1, 0.15) is 12.0 Å². The molecule has 0 fully saturated rings. The molecule has 9 heteroatoms. The lowest BCUT2D eigenvalue weighted by Gasteiger charge is -2.18. The summed E-state index contributed by atoms with van der Waals surface area (Å²) in [7, 11) is 5.38.